The van der Waals surface area contributed by atoms with Gasteiger partial charge in [0.15, 0.2) is 0 Å². The smallest absolute Gasteiger partial charge is 0.264 e. The first kappa shape index (κ1) is 15.4. The standard InChI is InChI=1S/C16H19NO3S/c1-12-6-5-7-13(2)16(12)17(3)21(18,19)15-10-8-14(20-4)9-11-15/h5-11H,1-4H3. The molecule has 0 unspecified atom stereocenters. The number of rotatable bonds is 4. The molecular formula is C16H19NO3S. The van der Waals surface area contributed by atoms with Crippen molar-refractivity contribution in [1.29, 1.82) is 0 Å². The molecule has 0 heterocycles. The van der Waals surface area contributed by atoms with Gasteiger partial charge in [-0.2, -0.15) is 0 Å². The minimum Gasteiger partial charge on any atom is -0.497 e. The van der Waals surface area contributed by atoms with Crippen LogP contribution in [0.3, 0.4) is 0 Å². The highest BCUT2D eigenvalue weighted by molar-refractivity contribution is 7.92. The Bertz CT molecular complexity index is 716. The van der Waals surface area contributed by atoms with Crippen molar-refractivity contribution in [3.8, 4) is 5.75 Å². The minimum atomic E-state index is -3.58. The van der Waals surface area contributed by atoms with E-state index in [9.17, 15) is 8.42 Å². The van der Waals surface area contributed by atoms with Crippen molar-refractivity contribution in [3.63, 3.8) is 0 Å². The number of ether oxygens (including phenoxy) is 1. The Labute approximate surface area is 126 Å². The zero-order valence-electron chi connectivity index (χ0n) is 12.6. The summed E-state index contributed by atoms with van der Waals surface area (Å²) in [6.45, 7) is 3.81. The molecule has 0 radical (unpaired) electrons. The summed E-state index contributed by atoms with van der Waals surface area (Å²) in [5, 5.41) is 0. The molecule has 0 aliphatic carbocycles. The lowest BCUT2D eigenvalue weighted by Gasteiger charge is -2.23. The van der Waals surface area contributed by atoms with Gasteiger partial charge >= 0.3 is 0 Å². The molecular weight excluding hydrogens is 286 g/mol. The predicted molar refractivity (Wildman–Crippen MR) is 84.5 cm³/mol. The molecule has 0 aliphatic heterocycles. The summed E-state index contributed by atoms with van der Waals surface area (Å²) >= 11 is 0. The van der Waals surface area contributed by atoms with Crippen molar-refractivity contribution in [3.05, 3.63) is 53.6 Å². The maximum Gasteiger partial charge on any atom is 0.264 e. The molecule has 0 bridgehead atoms. The van der Waals surface area contributed by atoms with E-state index in [1.165, 1.54) is 4.31 Å². The normalized spacial score (nSPS) is 11.2. The third-order valence-electron chi connectivity index (χ3n) is 3.47. The molecule has 0 amide bonds. The number of hydrogen-bond donors (Lipinski definition) is 0. The highest BCUT2D eigenvalue weighted by Gasteiger charge is 2.23. The van der Waals surface area contributed by atoms with E-state index in [4.69, 9.17) is 4.74 Å². The Kier molecular flexibility index (Phi) is 4.23. The van der Waals surface area contributed by atoms with Gasteiger partial charge in [0.05, 0.1) is 17.7 Å². The second-order valence-corrected chi connectivity index (χ2v) is 6.86. The zero-order valence-corrected chi connectivity index (χ0v) is 13.4. The van der Waals surface area contributed by atoms with Crippen molar-refractivity contribution in [2.75, 3.05) is 18.5 Å². The topological polar surface area (TPSA) is 46.6 Å². The number of anilines is 1. The predicted octanol–water partition coefficient (Wildman–Crippen LogP) is 3.14. The molecule has 2 rings (SSSR count). The van der Waals surface area contributed by atoms with Gasteiger partial charge in [-0.15, -0.1) is 0 Å². The van der Waals surface area contributed by atoms with Gasteiger partial charge in [-0.1, -0.05) is 18.2 Å². The number of nitrogens with zero attached hydrogens (tertiary/aromatic N) is 1. The van der Waals surface area contributed by atoms with Crippen molar-refractivity contribution >= 4 is 15.7 Å². The van der Waals surface area contributed by atoms with Gasteiger partial charge in [0.25, 0.3) is 10.0 Å². The van der Waals surface area contributed by atoms with Crippen LogP contribution in [-0.2, 0) is 10.0 Å². The third-order valence-corrected chi connectivity index (χ3v) is 5.24. The van der Waals surface area contributed by atoms with Crippen LogP contribution in [0.2, 0.25) is 0 Å². The molecule has 0 saturated heterocycles. The fourth-order valence-electron chi connectivity index (χ4n) is 2.33. The molecule has 0 spiro atoms. The molecule has 21 heavy (non-hydrogen) atoms. The molecule has 2 aromatic rings. The maximum atomic E-state index is 12.7. The van der Waals surface area contributed by atoms with Crippen LogP contribution in [0.1, 0.15) is 11.1 Å². The first-order valence-corrected chi connectivity index (χ1v) is 8.01. The summed E-state index contributed by atoms with van der Waals surface area (Å²) in [5.74, 6) is 0.628. The Balaban J connectivity index is 2.47. The average molecular weight is 305 g/mol. The lowest BCUT2D eigenvalue weighted by atomic mass is 10.1. The molecule has 0 aromatic heterocycles. The van der Waals surface area contributed by atoms with Crippen molar-refractivity contribution in [2.24, 2.45) is 0 Å². The quantitative estimate of drug-likeness (QED) is 0.872. The molecule has 5 heteroatoms. The van der Waals surface area contributed by atoms with Gasteiger partial charge in [0.2, 0.25) is 0 Å². The Morgan fingerprint density at radius 1 is 0.952 bits per heavy atom. The van der Waals surface area contributed by atoms with Gasteiger partial charge < -0.3 is 4.74 Å². The van der Waals surface area contributed by atoms with Crippen LogP contribution in [0.4, 0.5) is 5.69 Å². The third kappa shape index (κ3) is 2.88. The van der Waals surface area contributed by atoms with E-state index in [0.717, 1.165) is 11.1 Å². The lowest BCUT2D eigenvalue weighted by Crippen LogP contribution is -2.27. The fraction of sp³-hybridized carbons (Fsp3) is 0.250. The first-order chi connectivity index (χ1) is 9.87. The minimum absolute atomic E-state index is 0.244. The number of sulfonamides is 1. The summed E-state index contributed by atoms with van der Waals surface area (Å²) in [5.41, 5.74) is 2.57. The molecule has 0 N–H and O–H groups in total. The van der Waals surface area contributed by atoms with E-state index < -0.39 is 10.0 Å². The molecule has 112 valence electrons. The first-order valence-electron chi connectivity index (χ1n) is 6.57. The largest absolute Gasteiger partial charge is 0.497 e. The number of para-hydroxylation sites is 1. The number of hydrogen-bond acceptors (Lipinski definition) is 3. The Morgan fingerprint density at radius 3 is 1.95 bits per heavy atom. The van der Waals surface area contributed by atoms with E-state index in [1.807, 2.05) is 32.0 Å². The summed E-state index contributed by atoms with van der Waals surface area (Å²) in [6.07, 6.45) is 0. The summed E-state index contributed by atoms with van der Waals surface area (Å²) < 4.78 is 31.8. The highest BCUT2D eigenvalue weighted by atomic mass is 32.2. The summed E-state index contributed by atoms with van der Waals surface area (Å²) in [7, 11) is -0.458. The van der Waals surface area contributed by atoms with Gasteiger partial charge in [-0.25, -0.2) is 8.42 Å². The van der Waals surface area contributed by atoms with Crippen LogP contribution in [-0.4, -0.2) is 22.6 Å². The molecule has 0 aliphatic rings. The van der Waals surface area contributed by atoms with Crippen LogP contribution in [0.5, 0.6) is 5.75 Å². The summed E-state index contributed by atoms with van der Waals surface area (Å²) in [4.78, 5) is 0.244. The molecule has 0 saturated carbocycles. The fourth-order valence-corrected chi connectivity index (χ4v) is 3.65. The zero-order chi connectivity index (χ0) is 15.6. The van der Waals surface area contributed by atoms with Crippen LogP contribution in [0, 0.1) is 13.8 Å². The van der Waals surface area contributed by atoms with E-state index in [0.29, 0.717) is 11.4 Å². The van der Waals surface area contributed by atoms with E-state index in [-0.39, 0.29) is 4.90 Å². The maximum absolute atomic E-state index is 12.7. The molecule has 2 aromatic carbocycles. The van der Waals surface area contributed by atoms with E-state index in [2.05, 4.69) is 0 Å². The monoisotopic (exact) mass is 305 g/mol. The van der Waals surface area contributed by atoms with Gasteiger partial charge in [-0.05, 0) is 49.2 Å². The van der Waals surface area contributed by atoms with Crippen LogP contribution < -0.4 is 9.04 Å². The molecule has 0 fully saturated rings. The van der Waals surface area contributed by atoms with Gasteiger partial charge in [-0.3, -0.25) is 4.31 Å². The van der Waals surface area contributed by atoms with Crippen LogP contribution >= 0.6 is 0 Å². The van der Waals surface area contributed by atoms with E-state index in [1.54, 1.807) is 38.4 Å². The van der Waals surface area contributed by atoms with Gasteiger partial charge in [0.1, 0.15) is 5.75 Å². The van der Waals surface area contributed by atoms with Crippen LogP contribution in [0.15, 0.2) is 47.4 Å². The van der Waals surface area contributed by atoms with Crippen LogP contribution in [0.25, 0.3) is 0 Å². The average Bonchev–Trinajstić information content (AvgIpc) is 2.47. The number of benzene rings is 2. The van der Waals surface area contributed by atoms with E-state index >= 15 is 0 Å². The SMILES string of the molecule is COc1ccc(S(=O)(=O)N(C)c2c(C)cccc2C)cc1. The Hall–Kier alpha value is -2.01. The molecule has 4 nitrogen and oxygen atoms in total. The van der Waals surface area contributed by atoms with Crippen molar-refractivity contribution in [1.82, 2.24) is 0 Å². The Morgan fingerprint density at radius 2 is 1.48 bits per heavy atom. The van der Waals surface area contributed by atoms with Gasteiger partial charge in [0, 0.05) is 7.05 Å². The summed E-state index contributed by atoms with van der Waals surface area (Å²) in [6, 6.07) is 12.1. The highest BCUT2D eigenvalue weighted by Crippen LogP contribution is 2.29. The second-order valence-electron chi connectivity index (χ2n) is 4.89. The number of aryl methyl sites for hydroxylation is 2. The van der Waals surface area contributed by atoms with Crippen molar-refractivity contribution < 1.29 is 13.2 Å². The molecule has 0 atom stereocenters. The lowest BCUT2D eigenvalue weighted by molar-refractivity contribution is 0.414. The second kappa shape index (κ2) is 5.77. The number of methoxy groups -OCH3 is 1. The van der Waals surface area contributed by atoms with Crippen molar-refractivity contribution in [2.45, 2.75) is 18.7 Å².